The molecule has 1 aliphatic rings. The normalized spacial score (nSPS) is 16.5. The third kappa shape index (κ3) is 3.00. The summed E-state index contributed by atoms with van der Waals surface area (Å²) in [6, 6.07) is 5.30. The Bertz CT molecular complexity index is 467. The van der Waals surface area contributed by atoms with Gasteiger partial charge in [-0.15, -0.1) is 0 Å². The van der Waals surface area contributed by atoms with Crippen LogP contribution < -0.4 is 15.8 Å². The molecule has 1 fully saturated rings. The Kier molecular flexibility index (Phi) is 3.98. The molecule has 0 atom stereocenters. The highest BCUT2D eigenvalue weighted by molar-refractivity contribution is 6.01. The van der Waals surface area contributed by atoms with Crippen molar-refractivity contribution in [2.75, 3.05) is 18.9 Å². The molecule has 0 heterocycles. The Hall–Kier alpha value is -1.71. The number of carbonyl (C=O) groups is 1. The quantitative estimate of drug-likeness (QED) is 0.802. The summed E-state index contributed by atoms with van der Waals surface area (Å²) in [7, 11) is 0. The van der Waals surface area contributed by atoms with Crippen LogP contribution in [0.5, 0.6) is 5.75 Å². The lowest BCUT2D eigenvalue weighted by molar-refractivity contribution is 0.0888. The van der Waals surface area contributed by atoms with Gasteiger partial charge in [0.15, 0.2) is 0 Å². The molecular weight excluding hydrogens is 240 g/mol. The van der Waals surface area contributed by atoms with Crippen molar-refractivity contribution in [1.82, 2.24) is 5.32 Å². The van der Waals surface area contributed by atoms with Gasteiger partial charge < -0.3 is 15.8 Å². The van der Waals surface area contributed by atoms with E-state index in [-0.39, 0.29) is 11.3 Å². The molecule has 0 aliphatic heterocycles. The molecule has 3 N–H and O–H groups in total. The molecule has 104 valence electrons. The van der Waals surface area contributed by atoms with Crippen LogP contribution in [0.1, 0.15) is 43.5 Å². The molecule has 0 bridgehead atoms. The molecule has 1 aliphatic carbocycles. The highest BCUT2D eigenvalue weighted by Crippen LogP contribution is 2.39. The van der Waals surface area contributed by atoms with Crippen molar-refractivity contribution in [3.8, 4) is 5.75 Å². The van der Waals surface area contributed by atoms with E-state index >= 15 is 0 Å². The SMILES string of the molecule is CCOc1cccc(N)c1C(=O)NCC1(C)CCC1. The van der Waals surface area contributed by atoms with Crippen LogP contribution >= 0.6 is 0 Å². The molecule has 1 saturated carbocycles. The predicted octanol–water partition coefficient (Wildman–Crippen LogP) is 2.59. The Morgan fingerprint density at radius 3 is 2.79 bits per heavy atom. The van der Waals surface area contributed by atoms with Crippen LogP contribution in [0.4, 0.5) is 5.69 Å². The van der Waals surface area contributed by atoms with Crippen LogP contribution in [-0.4, -0.2) is 19.1 Å². The van der Waals surface area contributed by atoms with E-state index in [1.165, 1.54) is 19.3 Å². The molecule has 1 aromatic carbocycles. The van der Waals surface area contributed by atoms with Crippen molar-refractivity contribution in [1.29, 1.82) is 0 Å². The van der Waals surface area contributed by atoms with Crippen molar-refractivity contribution in [2.45, 2.75) is 33.1 Å². The van der Waals surface area contributed by atoms with Gasteiger partial charge >= 0.3 is 0 Å². The molecule has 0 spiro atoms. The summed E-state index contributed by atoms with van der Waals surface area (Å²) in [6.07, 6.45) is 3.61. The molecular formula is C15H22N2O2. The van der Waals surface area contributed by atoms with Crippen LogP contribution in [0.3, 0.4) is 0 Å². The largest absolute Gasteiger partial charge is 0.493 e. The monoisotopic (exact) mass is 262 g/mol. The third-order valence-corrected chi connectivity index (χ3v) is 3.82. The number of benzene rings is 1. The minimum absolute atomic E-state index is 0.144. The van der Waals surface area contributed by atoms with Gasteiger partial charge in [0.25, 0.3) is 5.91 Å². The topological polar surface area (TPSA) is 64.3 Å². The minimum atomic E-state index is -0.144. The number of hydrogen-bond acceptors (Lipinski definition) is 3. The lowest BCUT2D eigenvalue weighted by Gasteiger charge is -2.38. The molecule has 0 aromatic heterocycles. The van der Waals surface area contributed by atoms with E-state index in [9.17, 15) is 4.79 Å². The third-order valence-electron chi connectivity index (χ3n) is 3.82. The van der Waals surface area contributed by atoms with E-state index in [1.54, 1.807) is 18.2 Å². The van der Waals surface area contributed by atoms with Crippen LogP contribution in [0.2, 0.25) is 0 Å². The van der Waals surface area contributed by atoms with Crippen LogP contribution in [0.25, 0.3) is 0 Å². The Labute approximate surface area is 114 Å². The Balaban J connectivity index is 2.09. The van der Waals surface area contributed by atoms with E-state index < -0.39 is 0 Å². The molecule has 4 heteroatoms. The fraction of sp³-hybridized carbons (Fsp3) is 0.533. The van der Waals surface area contributed by atoms with Crippen LogP contribution in [0, 0.1) is 5.41 Å². The summed E-state index contributed by atoms with van der Waals surface area (Å²) >= 11 is 0. The number of ether oxygens (including phenoxy) is 1. The van der Waals surface area contributed by atoms with Gasteiger partial charge in [0, 0.05) is 12.2 Å². The predicted molar refractivity (Wildman–Crippen MR) is 76.3 cm³/mol. The summed E-state index contributed by atoms with van der Waals surface area (Å²) < 4.78 is 5.47. The summed E-state index contributed by atoms with van der Waals surface area (Å²) in [5.41, 5.74) is 7.06. The fourth-order valence-corrected chi connectivity index (χ4v) is 2.41. The van der Waals surface area contributed by atoms with E-state index in [4.69, 9.17) is 10.5 Å². The fourth-order valence-electron chi connectivity index (χ4n) is 2.41. The first kappa shape index (κ1) is 13.7. The van der Waals surface area contributed by atoms with Gasteiger partial charge in [-0.2, -0.15) is 0 Å². The molecule has 0 radical (unpaired) electrons. The van der Waals surface area contributed by atoms with Crippen molar-refractivity contribution in [3.63, 3.8) is 0 Å². The molecule has 1 amide bonds. The number of nitrogen functional groups attached to an aromatic ring is 1. The maximum absolute atomic E-state index is 12.3. The lowest BCUT2D eigenvalue weighted by atomic mass is 9.70. The maximum Gasteiger partial charge on any atom is 0.257 e. The standard InChI is InChI=1S/C15H22N2O2/c1-3-19-12-7-4-6-11(16)13(12)14(18)17-10-15(2)8-5-9-15/h4,6-7H,3,5,8-10,16H2,1-2H3,(H,17,18). The zero-order chi connectivity index (χ0) is 13.9. The summed E-state index contributed by atoms with van der Waals surface area (Å²) in [5.74, 6) is 0.411. The first-order chi connectivity index (χ1) is 9.06. The van der Waals surface area contributed by atoms with E-state index in [2.05, 4.69) is 12.2 Å². The van der Waals surface area contributed by atoms with Gasteiger partial charge in [-0.25, -0.2) is 0 Å². The van der Waals surface area contributed by atoms with Crippen molar-refractivity contribution in [3.05, 3.63) is 23.8 Å². The smallest absolute Gasteiger partial charge is 0.257 e. The van der Waals surface area contributed by atoms with Gasteiger partial charge in [0.2, 0.25) is 0 Å². The highest BCUT2D eigenvalue weighted by atomic mass is 16.5. The number of amides is 1. The van der Waals surface area contributed by atoms with Gasteiger partial charge in [0.1, 0.15) is 11.3 Å². The lowest BCUT2D eigenvalue weighted by Crippen LogP contribution is -2.40. The molecule has 0 unspecified atom stereocenters. The van der Waals surface area contributed by atoms with E-state index in [0.29, 0.717) is 30.2 Å². The molecule has 1 aromatic rings. The van der Waals surface area contributed by atoms with Crippen LogP contribution in [-0.2, 0) is 0 Å². The zero-order valence-electron chi connectivity index (χ0n) is 11.7. The average Bonchev–Trinajstić information content (AvgIpc) is 2.34. The summed E-state index contributed by atoms with van der Waals surface area (Å²) in [5, 5.41) is 2.98. The van der Waals surface area contributed by atoms with Gasteiger partial charge in [-0.1, -0.05) is 19.4 Å². The van der Waals surface area contributed by atoms with Gasteiger partial charge in [0.05, 0.1) is 6.61 Å². The van der Waals surface area contributed by atoms with Crippen LogP contribution in [0.15, 0.2) is 18.2 Å². The Morgan fingerprint density at radius 2 is 2.21 bits per heavy atom. The van der Waals surface area contributed by atoms with Crippen molar-refractivity contribution < 1.29 is 9.53 Å². The second-order valence-electron chi connectivity index (χ2n) is 5.50. The summed E-state index contributed by atoms with van der Waals surface area (Å²) in [4.78, 5) is 12.3. The first-order valence-electron chi connectivity index (χ1n) is 6.85. The zero-order valence-corrected chi connectivity index (χ0v) is 11.7. The van der Waals surface area contributed by atoms with Gasteiger partial charge in [-0.3, -0.25) is 4.79 Å². The number of hydrogen-bond donors (Lipinski definition) is 2. The Morgan fingerprint density at radius 1 is 1.47 bits per heavy atom. The molecule has 19 heavy (non-hydrogen) atoms. The maximum atomic E-state index is 12.3. The second-order valence-corrected chi connectivity index (χ2v) is 5.50. The number of rotatable bonds is 5. The number of nitrogens with one attached hydrogen (secondary N) is 1. The minimum Gasteiger partial charge on any atom is -0.493 e. The van der Waals surface area contributed by atoms with E-state index in [0.717, 1.165) is 0 Å². The average molecular weight is 262 g/mol. The number of nitrogens with two attached hydrogens (primary N) is 1. The summed E-state index contributed by atoms with van der Waals surface area (Å²) in [6.45, 7) is 5.31. The number of carbonyl (C=O) groups excluding carboxylic acids is 1. The molecule has 0 saturated heterocycles. The van der Waals surface area contributed by atoms with Gasteiger partial charge in [-0.05, 0) is 37.3 Å². The highest BCUT2D eigenvalue weighted by Gasteiger charge is 2.32. The van der Waals surface area contributed by atoms with Crippen molar-refractivity contribution in [2.24, 2.45) is 5.41 Å². The van der Waals surface area contributed by atoms with Crippen molar-refractivity contribution >= 4 is 11.6 Å². The second kappa shape index (κ2) is 5.51. The first-order valence-corrected chi connectivity index (χ1v) is 6.85. The molecule has 2 rings (SSSR count). The number of anilines is 1. The van der Waals surface area contributed by atoms with E-state index in [1.807, 2.05) is 6.92 Å². The molecule has 4 nitrogen and oxygen atoms in total.